The second-order valence-corrected chi connectivity index (χ2v) is 7.00. The topological polar surface area (TPSA) is 15.7 Å². The summed E-state index contributed by atoms with van der Waals surface area (Å²) < 4.78 is 6.17. The van der Waals surface area contributed by atoms with E-state index in [4.69, 9.17) is 4.74 Å². The van der Waals surface area contributed by atoms with E-state index in [2.05, 4.69) is 40.7 Å². The summed E-state index contributed by atoms with van der Waals surface area (Å²) in [6.45, 7) is 4.38. The second-order valence-electron chi connectivity index (χ2n) is 6.22. The predicted octanol–water partition coefficient (Wildman–Crippen LogP) is 2.43. The highest BCUT2D eigenvalue weighted by atomic mass is 32.1. The molecule has 2 aliphatic rings. The summed E-state index contributed by atoms with van der Waals surface area (Å²) in [4.78, 5) is 4.88. The summed E-state index contributed by atoms with van der Waals surface area (Å²) in [5.74, 6) is 0. The normalized spacial score (nSPS) is 27.4. The van der Waals surface area contributed by atoms with Crippen LogP contribution in [0.25, 0.3) is 0 Å². The third kappa shape index (κ3) is 3.02. The quantitative estimate of drug-likeness (QED) is 0.846. The molecule has 2 aliphatic heterocycles. The zero-order valence-electron chi connectivity index (χ0n) is 12.0. The molecule has 3 nitrogen and oxygen atoms in total. The second kappa shape index (κ2) is 5.52. The number of thiophene rings is 1. The van der Waals surface area contributed by atoms with Crippen molar-refractivity contribution >= 4 is 11.3 Å². The molecule has 0 unspecified atom stereocenters. The fourth-order valence-corrected chi connectivity index (χ4v) is 3.92. The van der Waals surface area contributed by atoms with Gasteiger partial charge in [0.15, 0.2) is 0 Å². The van der Waals surface area contributed by atoms with E-state index in [0.717, 1.165) is 13.2 Å². The van der Waals surface area contributed by atoms with E-state index in [1.165, 1.54) is 37.9 Å². The Balaban J connectivity index is 1.52. The molecule has 19 heavy (non-hydrogen) atoms. The molecule has 1 aromatic rings. The zero-order chi connectivity index (χ0) is 13.3. The van der Waals surface area contributed by atoms with Crippen molar-refractivity contribution in [2.75, 3.05) is 33.8 Å². The highest BCUT2D eigenvalue weighted by Gasteiger charge is 2.43. The number of hydrogen-bond donors (Lipinski definition) is 0. The molecular formula is C15H24N2OS. The summed E-state index contributed by atoms with van der Waals surface area (Å²) in [5, 5.41) is 4.43. The molecule has 2 saturated heterocycles. The Hall–Kier alpha value is -0.420. The maximum Gasteiger partial charge on any atom is 0.0723 e. The Labute approximate surface area is 120 Å². The van der Waals surface area contributed by atoms with Crippen molar-refractivity contribution in [3.63, 3.8) is 0 Å². The predicted molar refractivity (Wildman–Crippen MR) is 79.6 cm³/mol. The number of likely N-dealkylation sites (tertiary alicyclic amines) is 1. The van der Waals surface area contributed by atoms with E-state index in [9.17, 15) is 0 Å². The lowest BCUT2D eigenvalue weighted by atomic mass is 9.87. The number of ether oxygens (including phenoxy) is 1. The highest BCUT2D eigenvalue weighted by molar-refractivity contribution is 7.07. The zero-order valence-corrected chi connectivity index (χ0v) is 12.8. The van der Waals surface area contributed by atoms with Gasteiger partial charge in [0.05, 0.1) is 12.2 Å². The molecule has 4 heteroatoms. The Bertz CT molecular complexity index is 396. The van der Waals surface area contributed by atoms with E-state index in [-0.39, 0.29) is 5.60 Å². The molecule has 1 spiro atoms. The third-order valence-corrected chi connectivity index (χ3v) is 5.41. The van der Waals surface area contributed by atoms with Gasteiger partial charge in [-0.25, -0.2) is 0 Å². The molecule has 3 rings (SSSR count). The molecule has 0 aliphatic carbocycles. The van der Waals surface area contributed by atoms with Gasteiger partial charge in [-0.1, -0.05) is 0 Å². The van der Waals surface area contributed by atoms with Crippen LogP contribution in [0.15, 0.2) is 16.8 Å². The number of nitrogens with zero attached hydrogens (tertiary/aromatic N) is 2. The molecule has 1 aromatic heterocycles. The van der Waals surface area contributed by atoms with Crippen LogP contribution in [0.2, 0.25) is 0 Å². The highest BCUT2D eigenvalue weighted by Crippen LogP contribution is 2.37. The van der Waals surface area contributed by atoms with Crippen LogP contribution >= 0.6 is 11.3 Å². The monoisotopic (exact) mass is 280 g/mol. The largest absolute Gasteiger partial charge is 0.373 e. The lowest BCUT2D eigenvalue weighted by Gasteiger charge is -2.38. The summed E-state index contributed by atoms with van der Waals surface area (Å²) in [6, 6.07) is 2.85. The van der Waals surface area contributed by atoms with Gasteiger partial charge in [0, 0.05) is 25.7 Å². The number of piperidine rings is 1. The maximum absolute atomic E-state index is 6.17. The Morgan fingerprint density at radius 3 is 2.79 bits per heavy atom. The number of likely N-dealkylation sites (N-methyl/N-ethyl adjacent to an activating group) is 1. The van der Waals surface area contributed by atoms with Crippen LogP contribution in [0.4, 0.5) is 0 Å². The van der Waals surface area contributed by atoms with Crippen molar-refractivity contribution < 1.29 is 4.74 Å². The van der Waals surface area contributed by atoms with Gasteiger partial charge in [-0.15, -0.1) is 0 Å². The van der Waals surface area contributed by atoms with Gasteiger partial charge in [-0.2, -0.15) is 11.3 Å². The average molecular weight is 280 g/mol. The smallest absolute Gasteiger partial charge is 0.0723 e. The van der Waals surface area contributed by atoms with Crippen molar-refractivity contribution in [1.82, 2.24) is 9.80 Å². The molecule has 0 amide bonds. The van der Waals surface area contributed by atoms with Crippen molar-refractivity contribution in [2.24, 2.45) is 0 Å². The first-order chi connectivity index (χ1) is 9.17. The van der Waals surface area contributed by atoms with E-state index in [0.29, 0.717) is 6.04 Å². The summed E-state index contributed by atoms with van der Waals surface area (Å²) in [5.41, 5.74) is 1.64. The van der Waals surface area contributed by atoms with Crippen LogP contribution in [0.5, 0.6) is 0 Å². The van der Waals surface area contributed by atoms with Crippen LogP contribution < -0.4 is 0 Å². The molecule has 0 N–H and O–H groups in total. The maximum atomic E-state index is 6.17. The molecule has 0 aromatic carbocycles. The fraction of sp³-hybridized carbons (Fsp3) is 0.733. The van der Waals surface area contributed by atoms with Gasteiger partial charge in [-0.05, 0) is 55.7 Å². The lowest BCUT2D eigenvalue weighted by Crippen LogP contribution is -2.44. The fourth-order valence-electron chi connectivity index (χ4n) is 3.26. The van der Waals surface area contributed by atoms with Crippen molar-refractivity contribution in [1.29, 1.82) is 0 Å². The Kier molecular flexibility index (Phi) is 3.94. The van der Waals surface area contributed by atoms with Gasteiger partial charge >= 0.3 is 0 Å². The Morgan fingerprint density at radius 2 is 2.21 bits per heavy atom. The van der Waals surface area contributed by atoms with Gasteiger partial charge in [0.2, 0.25) is 0 Å². The van der Waals surface area contributed by atoms with Crippen molar-refractivity contribution in [2.45, 2.75) is 37.5 Å². The van der Waals surface area contributed by atoms with Crippen LogP contribution in [0, 0.1) is 0 Å². The molecule has 0 saturated carbocycles. The molecule has 0 radical (unpaired) electrons. The number of hydrogen-bond acceptors (Lipinski definition) is 4. The molecule has 106 valence electrons. The minimum absolute atomic E-state index is 0.181. The van der Waals surface area contributed by atoms with Crippen molar-refractivity contribution in [3.05, 3.63) is 22.4 Å². The summed E-state index contributed by atoms with van der Waals surface area (Å²) >= 11 is 1.79. The SMILES string of the molecule is CN(C)[C@H]1COC2(CCN(Cc3ccsc3)CC2)C1. The molecule has 2 fully saturated rings. The van der Waals surface area contributed by atoms with Crippen LogP contribution in [-0.2, 0) is 11.3 Å². The molecular weight excluding hydrogens is 256 g/mol. The molecule has 1 atom stereocenters. The van der Waals surface area contributed by atoms with Gasteiger partial charge in [0.25, 0.3) is 0 Å². The van der Waals surface area contributed by atoms with E-state index in [1.54, 1.807) is 11.3 Å². The minimum atomic E-state index is 0.181. The van der Waals surface area contributed by atoms with E-state index >= 15 is 0 Å². The standard InChI is InChI=1S/C15H24N2OS/c1-16(2)14-9-15(18-11-14)4-6-17(7-5-15)10-13-3-8-19-12-13/h3,8,12,14H,4-7,9-11H2,1-2H3/t14-/m1/s1. The van der Waals surface area contributed by atoms with Gasteiger partial charge in [-0.3, -0.25) is 4.90 Å². The molecule has 0 bridgehead atoms. The van der Waals surface area contributed by atoms with Crippen LogP contribution in [0.1, 0.15) is 24.8 Å². The van der Waals surface area contributed by atoms with Crippen molar-refractivity contribution in [3.8, 4) is 0 Å². The van der Waals surface area contributed by atoms with E-state index < -0.39 is 0 Å². The first-order valence-corrected chi connectivity index (χ1v) is 8.15. The Morgan fingerprint density at radius 1 is 1.42 bits per heavy atom. The first kappa shape index (κ1) is 13.6. The van der Waals surface area contributed by atoms with E-state index in [1.807, 2.05) is 0 Å². The first-order valence-electron chi connectivity index (χ1n) is 7.21. The lowest BCUT2D eigenvalue weighted by molar-refractivity contribution is -0.0451. The summed E-state index contributed by atoms with van der Waals surface area (Å²) in [6.07, 6.45) is 3.61. The average Bonchev–Trinajstić information content (AvgIpc) is 3.03. The van der Waals surface area contributed by atoms with Crippen LogP contribution in [0.3, 0.4) is 0 Å². The number of rotatable bonds is 3. The summed E-state index contributed by atoms with van der Waals surface area (Å²) in [7, 11) is 4.33. The van der Waals surface area contributed by atoms with Gasteiger partial charge in [0.1, 0.15) is 0 Å². The van der Waals surface area contributed by atoms with Crippen LogP contribution in [-0.4, -0.2) is 55.2 Å². The third-order valence-electron chi connectivity index (χ3n) is 4.67. The van der Waals surface area contributed by atoms with Gasteiger partial charge < -0.3 is 9.64 Å². The minimum Gasteiger partial charge on any atom is -0.373 e. The molecule has 3 heterocycles.